The predicted molar refractivity (Wildman–Crippen MR) is 91.1 cm³/mol. The van der Waals surface area contributed by atoms with Crippen molar-refractivity contribution < 1.29 is 4.79 Å². The molecule has 6 nitrogen and oxygen atoms in total. The Hall–Kier alpha value is -2.63. The first-order valence-corrected chi connectivity index (χ1v) is 7.76. The van der Waals surface area contributed by atoms with Crippen molar-refractivity contribution in [1.29, 1.82) is 0 Å². The lowest BCUT2D eigenvalue weighted by Gasteiger charge is -2.33. The summed E-state index contributed by atoms with van der Waals surface area (Å²) in [5, 5.41) is 0. The van der Waals surface area contributed by atoms with Gasteiger partial charge in [-0.05, 0) is 19.1 Å². The first-order chi connectivity index (χ1) is 11.2. The average molecular weight is 311 g/mol. The Morgan fingerprint density at radius 2 is 1.78 bits per heavy atom. The second-order valence-corrected chi connectivity index (χ2v) is 5.65. The second-order valence-electron chi connectivity index (χ2n) is 5.65. The van der Waals surface area contributed by atoms with Crippen LogP contribution < -0.4 is 9.80 Å². The fourth-order valence-electron chi connectivity index (χ4n) is 2.71. The molecule has 120 valence electrons. The molecule has 2 aromatic rings. The van der Waals surface area contributed by atoms with Crippen molar-refractivity contribution in [2.45, 2.75) is 6.92 Å². The van der Waals surface area contributed by atoms with E-state index in [1.165, 1.54) is 0 Å². The van der Waals surface area contributed by atoms with Crippen molar-refractivity contribution in [3.05, 3.63) is 42.2 Å². The van der Waals surface area contributed by atoms with E-state index in [9.17, 15) is 4.79 Å². The Morgan fingerprint density at radius 3 is 2.43 bits per heavy atom. The van der Waals surface area contributed by atoms with E-state index in [1.54, 1.807) is 4.90 Å². The van der Waals surface area contributed by atoms with Crippen LogP contribution in [0.1, 0.15) is 5.82 Å². The summed E-state index contributed by atoms with van der Waals surface area (Å²) in [6.45, 7) is 4.97. The van der Waals surface area contributed by atoms with Gasteiger partial charge in [0.2, 0.25) is 6.41 Å². The molecule has 0 aliphatic carbocycles. The zero-order valence-electron chi connectivity index (χ0n) is 13.5. The number of anilines is 3. The first kappa shape index (κ1) is 15.3. The summed E-state index contributed by atoms with van der Waals surface area (Å²) in [4.78, 5) is 26.0. The van der Waals surface area contributed by atoms with Crippen LogP contribution >= 0.6 is 0 Å². The maximum Gasteiger partial charge on any atom is 0.209 e. The Balaban J connectivity index is 1.83. The van der Waals surface area contributed by atoms with E-state index in [4.69, 9.17) is 0 Å². The van der Waals surface area contributed by atoms with Crippen LogP contribution in [0.2, 0.25) is 0 Å². The van der Waals surface area contributed by atoms with Crippen LogP contribution in [0.25, 0.3) is 0 Å². The molecule has 2 heterocycles. The summed E-state index contributed by atoms with van der Waals surface area (Å²) in [7, 11) is 2.01. The van der Waals surface area contributed by atoms with Gasteiger partial charge in [-0.2, -0.15) is 0 Å². The number of para-hydroxylation sites is 1. The Kier molecular flexibility index (Phi) is 4.41. The lowest BCUT2D eigenvalue weighted by Crippen LogP contribution is -2.46. The quantitative estimate of drug-likeness (QED) is 0.806. The summed E-state index contributed by atoms with van der Waals surface area (Å²) in [5.74, 6) is 2.54. The molecular weight excluding hydrogens is 290 g/mol. The van der Waals surface area contributed by atoms with E-state index in [0.717, 1.165) is 55.7 Å². The highest BCUT2D eigenvalue weighted by Crippen LogP contribution is 2.25. The largest absolute Gasteiger partial charge is 0.353 e. The zero-order valence-corrected chi connectivity index (χ0v) is 13.5. The Morgan fingerprint density at radius 1 is 1.09 bits per heavy atom. The molecule has 0 atom stereocenters. The topological polar surface area (TPSA) is 52.6 Å². The summed E-state index contributed by atoms with van der Waals surface area (Å²) in [6.07, 6.45) is 0.914. The third-order valence-electron chi connectivity index (χ3n) is 4.09. The van der Waals surface area contributed by atoms with E-state index >= 15 is 0 Å². The van der Waals surface area contributed by atoms with Crippen LogP contribution in [0.3, 0.4) is 0 Å². The van der Waals surface area contributed by atoms with Crippen molar-refractivity contribution in [3.8, 4) is 0 Å². The molecule has 1 aliphatic heterocycles. The highest BCUT2D eigenvalue weighted by atomic mass is 16.1. The second kappa shape index (κ2) is 6.64. The lowest BCUT2D eigenvalue weighted by atomic mass is 10.3. The molecule has 0 N–H and O–H groups in total. The molecule has 0 spiro atoms. The predicted octanol–water partition coefficient (Wildman–Crippen LogP) is 1.83. The summed E-state index contributed by atoms with van der Waals surface area (Å²) in [6, 6.07) is 12.1. The number of hydrogen-bond acceptors (Lipinski definition) is 5. The maximum absolute atomic E-state index is 10.8. The van der Waals surface area contributed by atoms with Crippen molar-refractivity contribution >= 4 is 23.7 Å². The molecule has 1 aromatic heterocycles. The molecule has 0 unspecified atom stereocenters. The van der Waals surface area contributed by atoms with Crippen LogP contribution in [0.4, 0.5) is 17.3 Å². The molecule has 1 saturated heterocycles. The first-order valence-electron chi connectivity index (χ1n) is 7.76. The van der Waals surface area contributed by atoms with E-state index in [0.29, 0.717) is 0 Å². The van der Waals surface area contributed by atoms with Gasteiger partial charge in [-0.15, -0.1) is 0 Å². The van der Waals surface area contributed by atoms with Crippen molar-refractivity contribution in [1.82, 2.24) is 14.9 Å². The van der Waals surface area contributed by atoms with Gasteiger partial charge in [0.15, 0.2) is 0 Å². The summed E-state index contributed by atoms with van der Waals surface area (Å²) >= 11 is 0. The molecule has 0 saturated carbocycles. The molecule has 23 heavy (non-hydrogen) atoms. The number of aryl methyl sites for hydroxylation is 1. The van der Waals surface area contributed by atoms with Crippen LogP contribution in [0, 0.1) is 6.92 Å². The zero-order chi connectivity index (χ0) is 16.2. The smallest absolute Gasteiger partial charge is 0.209 e. The van der Waals surface area contributed by atoms with Crippen LogP contribution in [-0.2, 0) is 4.79 Å². The SMILES string of the molecule is Cc1nc(N2CCN(C=O)CC2)cc(N(C)c2ccccc2)n1. The molecule has 6 heteroatoms. The maximum atomic E-state index is 10.8. The lowest BCUT2D eigenvalue weighted by molar-refractivity contribution is -0.118. The number of benzene rings is 1. The molecule has 1 aromatic carbocycles. The number of hydrogen-bond donors (Lipinski definition) is 0. The van der Waals surface area contributed by atoms with Crippen molar-refractivity contribution in [2.75, 3.05) is 43.0 Å². The average Bonchev–Trinajstić information content (AvgIpc) is 2.61. The van der Waals surface area contributed by atoms with Gasteiger partial charge in [0, 0.05) is 45.0 Å². The minimum absolute atomic E-state index is 0.733. The third kappa shape index (κ3) is 3.41. The van der Waals surface area contributed by atoms with Gasteiger partial charge in [0.05, 0.1) is 0 Å². The van der Waals surface area contributed by atoms with Gasteiger partial charge in [-0.1, -0.05) is 18.2 Å². The van der Waals surface area contributed by atoms with Crippen LogP contribution in [-0.4, -0.2) is 54.5 Å². The van der Waals surface area contributed by atoms with E-state index < -0.39 is 0 Å². The highest BCUT2D eigenvalue weighted by molar-refractivity contribution is 5.62. The number of rotatable bonds is 4. The normalized spacial score (nSPS) is 14.7. The van der Waals surface area contributed by atoms with Crippen molar-refractivity contribution in [3.63, 3.8) is 0 Å². The summed E-state index contributed by atoms with van der Waals surface area (Å²) in [5.41, 5.74) is 1.09. The number of piperazine rings is 1. The van der Waals surface area contributed by atoms with Crippen LogP contribution in [0.5, 0.6) is 0 Å². The number of aromatic nitrogens is 2. The highest BCUT2D eigenvalue weighted by Gasteiger charge is 2.18. The number of nitrogens with zero attached hydrogens (tertiary/aromatic N) is 5. The molecule has 1 amide bonds. The Labute approximate surface area is 136 Å². The fraction of sp³-hybridized carbons (Fsp3) is 0.353. The monoisotopic (exact) mass is 311 g/mol. The van der Waals surface area contributed by atoms with Gasteiger partial charge in [0.1, 0.15) is 17.5 Å². The number of amides is 1. The molecule has 0 radical (unpaired) electrons. The fourth-order valence-corrected chi connectivity index (χ4v) is 2.71. The number of carbonyl (C=O) groups is 1. The minimum Gasteiger partial charge on any atom is -0.353 e. The van der Waals surface area contributed by atoms with Gasteiger partial charge in [-0.25, -0.2) is 9.97 Å². The van der Waals surface area contributed by atoms with Gasteiger partial charge >= 0.3 is 0 Å². The Bertz CT molecular complexity index is 668. The van der Waals surface area contributed by atoms with E-state index in [1.807, 2.05) is 38.2 Å². The van der Waals surface area contributed by atoms with Crippen LogP contribution in [0.15, 0.2) is 36.4 Å². The molecule has 1 aliphatic rings. The molecule has 1 fully saturated rings. The number of carbonyl (C=O) groups excluding carboxylic acids is 1. The van der Waals surface area contributed by atoms with Gasteiger partial charge < -0.3 is 14.7 Å². The van der Waals surface area contributed by atoms with Gasteiger partial charge in [-0.3, -0.25) is 4.79 Å². The summed E-state index contributed by atoms with van der Waals surface area (Å²) < 4.78 is 0. The van der Waals surface area contributed by atoms with E-state index in [2.05, 4.69) is 31.9 Å². The van der Waals surface area contributed by atoms with Gasteiger partial charge in [0.25, 0.3) is 0 Å². The third-order valence-corrected chi connectivity index (χ3v) is 4.09. The molecule has 3 rings (SSSR count). The van der Waals surface area contributed by atoms with Crippen molar-refractivity contribution in [2.24, 2.45) is 0 Å². The minimum atomic E-state index is 0.733. The molecular formula is C17H21N5O. The van der Waals surface area contributed by atoms with E-state index in [-0.39, 0.29) is 0 Å². The molecule has 0 bridgehead atoms. The standard InChI is InChI=1S/C17H21N5O/c1-14-18-16(20(2)15-6-4-3-5-7-15)12-17(19-14)22-10-8-21(13-23)9-11-22/h3-7,12-13H,8-11H2,1-2H3.